The van der Waals surface area contributed by atoms with Crippen LogP contribution in [-0.4, -0.2) is 23.0 Å². The van der Waals surface area contributed by atoms with Crippen molar-refractivity contribution < 1.29 is 14.7 Å². The first-order valence-electron chi connectivity index (χ1n) is 13.7. The highest BCUT2D eigenvalue weighted by Gasteiger charge is 2.61. The number of nitrogens with zero attached hydrogens (tertiary/aromatic N) is 1. The fourth-order valence-corrected chi connectivity index (χ4v) is 8.85. The van der Waals surface area contributed by atoms with Crippen LogP contribution in [0.1, 0.15) is 106 Å². The molecule has 1 N–H and O–H groups in total. The molecule has 4 aliphatic carbocycles. The molecule has 33 heavy (non-hydrogen) atoms. The largest absolute Gasteiger partial charge is 0.462 e. The molecule has 4 heteroatoms. The van der Waals surface area contributed by atoms with Crippen LogP contribution in [0.15, 0.2) is 16.8 Å². The maximum Gasteiger partial charge on any atom is 0.302 e. The average molecular weight is 458 g/mol. The third kappa shape index (κ3) is 4.41. The molecule has 3 saturated carbocycles. The quantitative estimate of drug-likeness (QED) is 0.257. The van der Waals surface area contributed by atoms with E-state index in [0.29, 0.717) is 23.2 Å². The summed E-state index contributed by atoms with van der Waals surface area (Å²) in [6, 6.07) is 0. The van der Waals surface area contributed by atoms with Gasteiger partial charge in [0.05, 0.1) is 5.71 Å². The molecule has 0 spiro atoms. The van der Waals surface area contributed by atoms with E-state index < -0.39 is 0 Å². The Bertz CT molecular complexity index is 801. The zero-order chi connectivity index (χ0) is 24.0. The van der Waals surface area contributed by atoms with E-state index >= 15 is 0 Å². The fraction of sp³-hybridized carbons (Fsp3) is 0.862. The topological polar surface area (TPSA) is 58.9 Å². The molecule has 0 aromatic rings. The lowest BCUT2D eigenvalue weighted by Gasteiger charge is -2.58. The van der Waals surface area contributed by atoms with Crippen molar-refractivity contribution in [3.63, 3.8) is 0 Å². The minimum Gasteiger partial charge on any atom is -0.462 e. The number of fused-ring (bicyclic) bond motifs is 5. The Balaban J connectivity index is 1.56. The third-order valence-corrected chi connectivity index (χ3v) is 10.6. The summed E-state index contributed by atoms with van der Waals surface area (Å²) in [4.78, 5) is 11.5. The predicted molar refractivity (Wildman–Crippen MR) is 133 cm³/mol. The van der Waals surface area contributed by atoms with Gasteiger partial charge in [-0.05, 0) is 85.0 Å². The highest BCUT2D eigenvalue weighted by molar-refractivity contribution is 5.99. The minimum atomic E-state index is -0.193. The number of hydrogen-bond donors (Lipinski definition) is 1. The Morgan fingerprint density at radius 3 is 2.55 bits per heavy atom. The van der Waals surface area contributed by atoms with E-state index in [0.717, 1.165) is 42.7 Å². The Kier molecular flexibility index (Phi) is 7.05. The Morgan fingerprint density at radius 2 is 1.88 bits per heavy atom. The lowest BCUT2D eigenvalue weighted by Crippen LogP contribution is -2.54. The predicted octanol–water partition coefficient (Wildman–Crippen LogP) is 7.40. The van der Waals surface area contributed by atoms with Crippen molar-refractivity contribution in [2.45, 2.75) is 112 Å². The van der Waals surface area contributed by atoms with Crippen LogP contribution in [0.4, 0.5) is 0 Å². The van der Waals surface area contributed by atoms with Crippen molar-refractivity contribution in [1.29, 1.82) is 0 Å². The van der Waals surface area contributed by atoms with E-state index in [1.54, 1.807) is 0 Å². The van der Waals surface area contributed by atoms with Crippen molar-refractivity contribution in [1.82, 2.24) is 0 Å². The number of oxime groups is 1. The summed E-state index contributed by atoms with van der Waals surface area (Å²) in [6.07, 6.45) is 14.1. The Morgan fingerprint density at radius 1 is 1.12 bits per heavy atom. The Hall–Kier alpha value is -1.32. The van der Waals surface area contributed by atoms with Crippen LogP contribution in [0, 0.1) is 46.3 Å². The summed E-state index contributed by atoms with van der Waals surface area (Å²) < 4.78 is 5.58. The molecule has 0 unspecified atom stereocenters. The molecular weight excluding hydrogens is 410 g/mol. The first-order chi connectivity index (χ1) is 15.6. The average Bonchev–Trinajstić information content (AvgIpc) is 3.10. The number of carbonyl (C=O) groups excluding carboxylic acids is 1. The van der Waals surface area contributed by atoms with Crippen LogP contribution in [-0.2, 0) is 9.53 Å². The molecule has 4 rings (SSSR count). The molecule has 3 fully saturated rings. The molecule has 0 amide bonds. The van der Waals surface area contributed by atoms with Gasteiger partial charge in [0.25, 0.3) is 0 Å². The second-order valence-electron chi connectivity index (χ2n) is 12.9. The van der Waals surface area contributed by atoms with Gasteiger partial charge in [-0.2, -0.15) is 0 Å². The maximum atomic E-state index is 11.5. The zero-order valence-electron chi connectivity index (χ0n) is 21.9. The normalized spacial score (nSPS) is 42.3. The van der Waals surface area contributed by atoms with E-state index in [1.165, 1.54) is 57.4 Å². The van der Waals surface area contributed by atoms with Gasteiger partial charge in [-0.15, -0.1) is 0 Å². The fourth-order valence-electron chi connectivity index (χ4n) is 8.85. The lowest BCUT2D eigenvalue weighted by atomic mass is 9.46. The first kappa shape index (κ1) is 24.8. The van der Waals surface area contributed by atoms with Gasteiger partial charge in [0.1, 0.15) is 6.10 Å². The van der Waals surface area contributed by atoms with Gasteiger partial charge in [0.2, 0.25) is 0 Å². The van der Waals surface area contributed by atoms with Crippen molar-refractivity contribution in [2.75, 3.05) is 0 Å². The number of carbonyl (C=O) groups is 1. The smallest absolute Gasteiger partial charge is 0.302 e. The molecule has 0 radical (unpaired) electrons. The van der Waals surface area contributed by atoms with Crippen molar-refractivity contribution in [3.8, 4) is 0 Å². The summed E-state index contributed by atoms with van der Waals surface area (Å²) in [5, 5.41) is 14.0. The number of hydrogen-bond acceptors (Lipinski definition) is 4. The number of rotatable bonds is 6. The molecule has 186 valence electrons. The molecule has 0 aromatic carbocycles. The standard InChI is InChI=1S/C29H47NO3/c1-18(2)8-7-9-19(3)23-10-11-24-27-25(13-15-29(23,24)6)28(5)14-12-22(33-20(4)31)16-21(28)17-26(27)30-32/h17-19,22-25,27,32H,7-16H2,1-6H3/b30-26+/t19-,22+,23+,24-,25-,27-,28+,29+/m1/s1. The van der Waals surface area contributed by atoms with Crippen LogP contribution in [0.3, 0.4) is 0 Å². The monoisotopic (exact) mass is 457 g/mol. The second-order valence-corrected chi connectivity index (χ2v) is 12.9. The van der Waals surface area contributed by atoms with E-state index in [-0.39, 0.29) is 17.5 Å². The zero-order valence-corrected chi connectivity index (χ0v) is 21.9. The van der Waals surface area contributed by atoms with Crippen LogP contribution in [0.2, 0.25) is 0 Å². The Labute approximate surface area is 201 Å². The summed E-state index contributed by atoms with van der Waals surface area (Å²) in [5.74, 6) is 3.67. The summed E-state index contributed by atoms with van der Waals surface area (Å²) in [5.41, 5.74) is 2.73. The van der Waals surface area contributed by atoms with Gasteiger partial charge < -0.3 is 9.94 Å². The van der Waals surface area contributed by atoms with Crippen molar-refractivity contribution in [2.24, 2.45) is 51.5 Å². The SMILES string of the molecule is CC(=O)O[C@H]1CC[C@@]2(C)C(=C/C(=N\O)[C@@H]3[C@H]4CC[C@@H]([C@H](C)CCCC(C)C)[C@]4(C)CC[C@H]32)C1. The van der Waals surface area contributed by atoms with E-state index in [1.807, 2.05) is 0 Å². The number of esters is 1. The highest BCUT2D eigenvalue weighted by atomic mass is 16.5. The van der Waals surface area contributed by atoms with Crippen molar-refractivity contribution in [3.05, 3.63) is 11.6 Å². The third-order valence-electron chi connectivity index (χ3n) is 10.6. The van der Waals surface area contributed by atoms with E-state index in [2.05, 4.69) is 45.9 Å². The first-order valence-corrected chi connectivity index (χ1v) is 13.7. The van der Waals surface area contributed by atoms with E-state index in [9.17, 15) is 10.0 Å². The van der Waals surface area contributed by atoms with Crippen molar-refractivity contribution >= 4 is 11.7 Å². The van der Waals surface area contributed by atoms with Gasteiger partial charge in [-0.25, -0.2) is 0 Å². The minimum absolute atomic E-state index is 0.0327. The van der Waals surface area contributed by atoms with Gasteiger partial charge >= 0.3 is 5.97 Å². The van der Waals surface area contributed by atoms with Crippen LogP contribution < -0.4 is 0 Å². The molecule has 0 saturated heterocycles. The number of allylic oxidation sites excluding steroid dienone is 1. The lowest BCUT2D eigenvalue weighted by molar-refractivity contribution is -0.148. The molecule has 0 bridgehead atoms. The van der Waals surface area contributed by atoms with Crippen LogP contribution in [0.25, 0.3) is 0 Å². The van der Waals surface area contributed by atoms with E-state index in [4.69, 9.17) is 4.74 Å². The summed E-state index contributed by atoms with van der Waals surface area (Å²) in [6.45, 7) is 13.7. The van der Waals surface area contributed by atoms with Gasteiger partial charge in [-0.3, -0.25) is 4.79 Å². The van der Waals surface area contributed by atoms with Crippen LogP contribution >= 0.6 is 0 Å². The molecule has 0 aliphatic heterocycles. The number of ether oxygens (including phenoxy) is 1. The highest BCUT2D eigenvalue weighted by Crippen LogP contribution is 2.67. The van der Waals surface area contributed by atoms with Gasteiger partial charge in [0.15, 0.2) is 0 Å². The van der Waals surface area contributed by atoms with Crippen LogP contribution in [0.5, 0.6) is 0 Å². The molecule has 0 aromatic heterocycles. The van der Waals surface area contributed by atoms with Gasteiger partial charge in [-0.1, -0.05) is 64.6 Å². The second kappa shape index (κ2) is 9.38. The summed E-state index contributed by atoms with van der Waals surface area (Å²) >= 11 is 0. The molecular formula is C29H47NO3. The molecule has 0 heterocycles. The van der Waals surface area contributed by atoms with Gasteiger partial charge in [0, 0.05) is 19.3 Å². The molecule has 8 atom stereocenters. The molecule has 4 nitrogen and oxygen atoms in total. The summed E-state index contributed by atoms with van der Waals surface area (Å²) in [7, 11) is 0. The maximum absolute atomic E-state index is 11.5. The molecule has 4 aliphatic rings.